The summed E-state index contributed by atoms with van der Waals surface area (Å²) in [6, 6.07) is 22.1. The largest absolute Gasteiger partial charge is 0.292 e. The monoisotopic (exact) mass is 494 g/mol. The standard InChI is InChI=1S/C28H28N2.C3H8.C2H6.C2H4/c1-18-9-8-10-19(2)26(18)25-17-29-27-22-12-7-6-11-21(22)23-15-20(16-28(3,4)5)13-14-24(23)30(25)27;1-3-2;2*1-2/h6-15,17H,16H2,1-5H3;3H2,1-2H3;1-2H3;1-2H2. The lowest BCUT2D eigenvalue weighted by Crippen LogP contribution is -2.09. The molecule has 0 atom stereocenters. The zero-order valence-corrected chi connectivity index (χ0v) is 24.6. The number of aryl methyl sites for hydroxylation is 2. The van der Waals surface area contributed by atoms with Crippen molar-refractivity contribution >= 4 is 27.3 Å². The van der Waals surface area contributed by atoms with E-state index < -0.39 is 0 Å². The molecule has 0 fully saturated rings. The molecular weight excluding hydrogens is 448 g/mol. The van der Waals surface area contributed by atoms with Gasteiger partial charge in [0.25, 0.3) is 0 Å². The molecule has 2 nitrogen and oxygen atoms in total. The average molecular weight is 495 g/mol. The normalized spacial score (nSPS) is 10.7. The maximum Gasteiger partial charge on any atom is 0.145 e. The molecule has 0 N–H and O–H groups in total. The third-order valence-electron chi connectivity index (χ3n) is 5.99. The summed E-state index contributed by atoms with van der Waals surface area (Å²) >= 11 is 0. The van der Waals surface area contributed by atoms with E-state index in [1.807, 2.05) is 20.0 Å². The van der Waals surface area contributed by atoms with Crippen molar-refractivity contribution in [1.29, 1.82) is 0 Å². The number of benzene rings is 3. The second-order valence-corrected chi connectivity index (χ2v) is 10.4. The fourth-order valence-corrected chi connectivity index (χ4v) is 4.81. The summed E-state index contributed by atoms with van der Waals surface area (Å²) in [7, 11) is 0. The quantitative estimate of drug-likeness (QED) is 0.176. The summed E-state index contributed by atoms with van der Waals surface area (Å²) in [5.41, 5.74) is 8.89. The first kappa shape index (κ1) is 29.8. The SMILES string of the molecule is C=C.CC.CCC.Cc1cccc(C)c1-c1cnc2c3ccccc3c3cc(CC(C)(C)C)ccc3n12. The van der Waals surface area contributed by atoms with E-state index in [0.29, 0.717) is 0 Å². The van der Waals surface area contributed by atoms with E-state index in [9.17, 15) is 0 Å². The lowest BCUT2D eigenvalue weighted by Gasteiger charge is -2.19. The number of aromatic nitrogens is 2. The molecular formula is C35H46N2. The molecule has 3 aromatic carbocycles. The first-order valence-corrected chi connectivity index (χ1v) is 13.6. The highest BCUT2D eigenvalue weighted by Crippen LogP contribution is 2.36. The summed E-state index contributed by atoms with van der Waals surface area (Å²) in [5.74, 6) is 0. The van der Waals surface area contributed by atoms with Crippen molar-refractivity contribution in [2.24, 2.45) is 5.41 Å². The molecule has 2 heterocycles. The van der Waals surface area contributed by atoms with E-state index in [1.54, 1.807) is 0 Å². The molecule has 0 bridgehead atoms. The molecule has 2 heteroatoms. The zero-order chi connectivity index (χ0) is 27.8. The average Bonchev–Trinajstić information content (AvgIpc) is 3.31. The zero-order valence-electron chi connectivity index (χ0n) is 24.6. The molecule has 5 rings (SSSR count). The molecule has 0 saturated carbocycles. The van der Waals surface area contributed by atoms with Crippen LogP contribution in [0.25, 0.3) is 38.6 Å². The van der Waals surface area contributed by atoms with Crippen molar-refractivity contribution in [2.45, 2.75) is 75.2 Å². The number of hydrogen-bond donors (Lipinski definition) is 0. The first-order chi connectivity index (χ1) is 17.7. The molecule has 0 spiro atoms. The Labute approximate surface area is 225 Å². The van der Waals surface area contributed by atoms with Crippen molar-refractivity contribution in [3.05, 3.63) is 96.7 Å². The maximum absolute atomic E-state index is 4.90. The van der Waals surface area contributed by atoms with E-state index in [0.717, 1.165) is 12.1 Å². The van der Waals surface area contributed by atoms with Gasteiger partial charge in [-0.3, -0.25) is 4.40 Å². The summed E-state index contributed by atoms with van der Waals surface area (Å²) in [5, 5.41) is 3.77. The Morgan fingerprint density at radius 2 is 1.35 bits per heavy atom. The Morgan fingerprint density at radius 1 is 0.784 bits per heavy atom. The van der Waals surface area contributed by atoms with Crippen LogP contribution in [0.3, 0.4) is 0 Å². The maximum atomic E-state index is 4.90. The molecule has 37 heavy (non-hydrogen) atoms. The van der Waals surface area contributed by atoms with Crippen LogP contribution < -0.4 is 0 Å². The summed E-state index contributed by atoms with van der Waals surface area (Å²) in [6.45, 7) is 25.5. The van der Waals surface area contributed by atoms with E-state index in [1.165, 1.54) is 56.0 Å². The molecule has 196 valence electrons. The molecule has 0 radical (unpaired) electrons. The first-order valence-electron chi connectivity index (χ1n) is 13.6. The van der Waals surface area contributed by atoms with Crippen LogP contribution >= 0.6 is 0 Å². The van der Waals surface area contributed by atoms with Crippen LogP contribution in [0.4, 0.5) is 0 Å². The van der Waals surface area contributed by atoms with Gasteiger partial charge in [0.2, 0.25) is 0 Å². The topological polar surface area (TPSA) is 17.3 Å². The van der Waals surface area contributed by atoms with Gasteiger partial charge in [-0.05, 0) is 59.9 Å². The van der Waals surface area contributed by atoms with Crippen LogP contribution in [0.5, 0.6) is 0 Å². The van der Waals surface area contributed by atoms with Crippen LogP contribution in [0.2, 0.25) is 0 Å². The fourth-order valence-electron chi connectivity index (χ4n) is 4.81. The summed E-state index contributed by atoms with van der Waals surface area (Å²) in [4.78, 5) is 4.90. The van der Waals surface area contributed by atoms with E-state index in [2.05, 4.69) is 127 Å². The van der Waals surface area contributed by atoms with Crippen LogP contribution in [0.1, 0.15) is 71.6 Å². The summed E-state index contributed by atoms with van der Waals surface area (Å²) < 4.78 is 2.36. The Bertz CT molecular complexity index is 1430. The van der Waals surface area contributed by atoms with Gasteiger partial charge >= 0.3 is 0 Å². The minimum absolute atomic E-state index is 0.256. The molecule has 2 aromatic heterocycles. The van der Waals surface area contributed by atoms with E-state index in [-0.39, 0.29) is 5.41 Å². The molecule has 0 saturated heterocycles. The number of pyridine rings is 1. The minimum Gasteiger partial charge on any atom is -0.292 e. The Kier molecular flexibility index (Phi) is 10.7. The molecule has 5 aromatic rings. The van der Waals surface area contributed by atoms with Gasteiger partial charge in [-0.2, -0.15) is 0 Å². The van der Waals surface area contributed by atoms with Gasteiger partial charge < -0.3 is 0 Å². The second-order valence-electron chi connectivity index (χ2n) is 10.4. The van der Waals surface area contributed by atoms with E-state index in [4.69, 9.17) is 4.98 Å². The predicted molar refractivity (Wildman–Crippen MR) is 167 cm³/mol. The molecule has 0 aliphatic heterocycles. The highest BCUT2D eigenvalue weighted by atomic mass is 15.0. The van der Waals surface area contributed by atoms with Crippen molar-refractivity contribution < 1.29 is 0 Å². The van der Waals surface area contributed by atoms with Crippen LogP contribution in [-0.4, -0.2) is 9.38 Å². The molecule has 0 aliphatic rings. The smallest absolute Gasteiger partial charge is 0.145 e. The third-order valence-corrected chi connectivity index (χ3v) is 5.99. The summed E-state index contributed by atoms with van der Waals surface area (Å²) in [6.07, 6.45) is 4.35. The second kappa shape index (κ2) is 13.2. The number of imidazole rings is 1. The molecule has 0 aliphatic carbocycles. The van der Waals surface area contributed by atoms with Crippen LogP contribution in [-0.2, 0) is 6.42 Å². The van der Waals surface area contributed by atoms with E-state index >= 15 is 0 Å². The van der Waals surface area contributed by atoms with Gasteiger partial charge in [-0.25, -0.2) is 4.98 Å². The Morgan fingerprint density at radius 3 is 1.92 bits per heavy atom. The van der Waals surface area contributed by atoms with Crippen LogP contribution in [0.15, 0.2) is 80.0 Å². The lowest BCUT2D eigenvalue weighted by molar-refractivity contribution is 0.411. The minimum atomic E-state index is 0.256. The van der Waals surface area contributed by atoms with Gasteiger partial charge in [0.15, 0.2) is 0 Å². The lowest BCUT2D eigenvalue weighted by atomic mass is 9.87. The number of rotatable bonds is 2. The Balaban J connectivity index is 0.000000630. The van der Waals surface area contributed by atoms with Crippen molar-refractivity contribution in [3.63, 3.8) is 0 Å². The Hall–Kier alpha value is -3.39. The number of nitrogens with zero attached hydrogens (tertiary/aromatic N) is 2. The van der Waals surface area contributed by atoms with Crippen LogP contribution in [0, 0.1) is 19.3 Å². The third kappa shape index (κ3) is 6.49. The number of fused-ring (bicyclic) bond motifs is 6. The highest BCUT2D eigenvalue weighted by Gasteiger charge is 2.18. The van der Waals surface area contributed by atoms with Gasteiger partial charge in [0.05, 0.1) is 17.4 Å². The van der Waals surface area contributed by atoms with Gasteiger partial charge in [-0.1, -0.05) is 103 Å². The van der Waals surface area contributed by atoms with Crippen molar-refractivity contribution in [1.82, 2.24) is 9.38 Å². The molecule has 0 unspecified atom stereocenters. The number of hydrogen-bond acceptors (Lipinski definition) is 1. The van der Waals surface area contributed by atoms with Crippen molar-refractivity contribution in [2.75, 3.05) is 0 Å². The van der Waals surface area contributed by atoms with Gasteiger partial charge in [0.1, 0.15) is 5.65 Å². The fraction of sp³-hybridized carbons (Fsp3) is 0.343. The van der Waals surface area contributed by atoms with Gasteiger partial charge in [-0.15, -0.1) is 13.2 Å². The molecule has 0 amide bonds. The predicted octanol–water partition coefficient (Wildman–Crippen LogP) is 10.8. The van der Waals surface area contributed by atoms with Crippen molar-refractivity contribution in [3.8, 4) is 11.3 Å². The highest BCUT2D eigenvalue weighted by molar-refractivity contribution is 6.12. The van der Waals surface area contributed by atoms with Gasteiger partial charge in [0, 0.05) is 16.3 Å².